The van der Waals surface area contributed by atoms with E-state index in [2.05, 4.69) is 57.6 Å². The van der Waals surface area contributed by atoms with Gasteiger partial charge in [0.05, 0.1) is 11.6 Å². The van der Waals surface area contributed by atoms with Crippen molar-refractivity contribution in [3.8, 4) is 28.3 Å². The van der Waals surface area contributed by atoms with Crippen LogP contribution in [0.1, 0.15) is 25.7 Å². The number of hydrogen-bond donors (Lipinski definition) is 0. The fourth-order valence-corrected chi connectivity index (χ4v) is 4.47. The Morgan fingerprint density at radius 1 is 0.839 bits per heavy atom. The highest BCUT2D eigenvalue weighted by molar-refractivity contribution is 5.92. The molecule has 0 amide bonds. The lowest BCUT2D eigenvalue weighted by atomic mass is 10.1. The zero-order valence-corrected chi connectivity index (χ0v) is 17.1. The standard InChI is InChI=1S/C26H22N4O/c1-2-6-20(5-1)31-21-11-9-18(10-12-21)19-14-16-30-25(17-19)28-29-26(30)23-13-15-27-24-8-4-3-7-22(23)24/h3-4,7-17,20H,1-2,5-6H2. The molecule has 0 saturated heterocycles. The number of fused-ring (bicyclic) bond motifs is 2. The Labute approximate surface area is 180 Å². The Balaban J connectivity index is 1.33. The second kappa shape index (κ2) is 7.51. The SMILES string of the molecule is c1ccc2c(-c3nnc4cc(-c5ccc(OC6CCCC6)cc5)ccn34)ccnc2c1. The average Bonchev–Trinajstić information content (AvgIpc) is 3.49. The molecule has 31 heavy (non-hydrogen) atoms. The third-order valence-corrected chi connectivity index (χ3v) is 6.09. The Morgan fingerprint density at radius 3 is 2.55 bits per heavy atom. The first-order valence-electron chi connectivity index (χ1n) is 10.8. The van der Waals surface area contributed by atoms with Gasteiger partial charge < -0.3 is 4.74 Å². The lowest BCUT2D eigenvalue weighted by Crippen LogP contribution is -2.10. The predicted octanol–water partition coefficient (Wildman–Crippen LogP) is 5.93. The van der Waals surface area contributed by atoms with Gasteiger partial charge in [-0.05, 0) is 73.2 Å². The van der Waals surface area contributed by atoms with E-state index < -0.39 is 0 Å². The summed E-state index contributed by atoms with van der Waals surface area (Å²) in [4.78, 5) is 4.46. The monoisotopic (exact) mass is 406 g/mol. The van der Waals surface area contributed by atoms with E-state index in [4.69, 9.17) is 4.74 Å². The van der Waals surface area contributed by atoms with Gasteiger partial charge in [-0.2, -0.15) is 0 Å². The number of benzene rings is 2. The Kier molecular flexibility index (Phi) is 4.38. The molecular weight excluding hydrogens is 384 g/mol. The van der Waals surface area contributed by atoms with Crippen LogP contribution in [-0.2, 0) is 0 Å². The van der Waals surface area contributed by atoms with Crippen molar-refractivity contribution >= 4 is 16.6 Å². The predicted molar refractivity (Wildman–Crippen MR) is 122 cm³/mol. The fourth-order valence-electron chi connectivity index (χ4n) is 4.47. The van der Waals surface area contributed by atoms with E-state index in [0.717, 1.165) is 44.8 Å². The molecule has 0 atom stereocenters. The first kappa shape index (κ1) is 18.1. The molecular formula is C26H22N4O. The number of ether oxygens (including phenoxy) is 1. The van der Waals surface area contributed by atoms with Gasteiger partial charge in [0.25, 0.3) is 0 Å². The van der Waals surface area contributed by atoms with Gasteiger partial charge in [-0.1, -0.05) is 30.3 Å². The summed E-state index contributed by atoms with van der Waals surface area (Å²) in [6, 6.07) is 22.6. The molecule has 1 fully saturated rings. The van der Waals surface area contributed by atoms with Crippen molar-refractivity contribution in [1.29, 1.82) is 0 Å². The zero-order chi connectivity index (χ0) is 20.6. The van der Waals surface area contributed by atoms with Gasteiger partial charge >= 0.3 is 0 Å². The van der Waals surface area contributed by atoms with Crippen molar-refractivity contribution in [2.24, 2.45) is 0 Å². The summed E-state index contributed by atoms with van der Waals surface area (Å²) in [7, 11) is 0. The van der Waals surface area contributed by atoms with Crippen molar-refractivity contribution in [3.63, 3.8) is 0 Å². The molecule has 3 aromatic heterocycles. The molecule has 0 unspecified atom stereocenters. The number of nitrogens with zero attached hydrogens (tertiary/aromatic N) is 4. The van der Waals surface area contributed by atoms with Crippen LogP contribution < -0.4 is 4.74 Å². The molecule has 0 bridgehead atoms. The van der Waals surface area contributed by atoms with Gasteiger partial charge in [0, 0.05) is 23.3 Å². The number of aromatic nitrogens is 4. The van der Waals surface area contributed by atoms with Gasteiger partial charge in [-0.15, -0.1) is 10.2 Å². The van der Waals surface area contributed by atoms with E-state index in [1.54, 1.807) is 0 Å². The van der Waals surface area contributed by atoms with Crippen LogP contribution >= 0.6 is 0 Å². The van der Waals surface area contributed by atoms with Crippen LogP contribution in [0.15, 0.2) is 79.1 Å². The molecule has 0 radical (unpaired) electrons. The van der Waals surface area contributed by atoms with Gasteiger partial charge in [0.2, 0.25) is 0 Å². The number of pyridine rings is 2. The minimum Gasteiger partial charge on any atom is -0.490 e. The first-order valence-corrected chi connectivity index (χ1v) is 10.8. The lowest BCUT2D eigenvalue weighted by molar-refractivity contribution is 0.210. The maximum Gasteiger partial charge on any atom is 0.169 e. The highest BCUT2D eigenvalue weighted by atomic mass is 16.5. The van der Waals surface area contributed by atoms with Crippen LogP contribution in [0.2, 0.25) is 0 Å². The summed E-state index contributed by atoms with van der Waals surface area (Å²) in [5, 5.41) is 10.00. The third kappa shape index (κ3) is 3.32. The molecule has 2 aromatic carbocycles. The largest absolute Gasteiger partial charge is 0.490 e. The highest BCUT2D eigenvalue weighted by Crippen LogP contribution is 2.29. The third-order valence-electron chi connectivity index (χ3n) is 6.09. The lowest BCUT2D eigenvalue weighted by Gasteiger charge is -2.13. The molecule has 5 heteroatoms. The number of hydrogen-bond acceptors (Lipinski definition) is 4. The minimum absolute atomic E-state index is 0.376. The van der Waals surface area contributed by atoms with Crippen molar-refractivity contribution in [3.05, 3.63) is 79.1 Å². The maximum atomic E-state index is 6.09. The van der Waals surface area contributed by atoms with E-state index >= 15 is 0 Å². The second-order valence-corrected chi connectivity index (χ2v) is 8.09. The van der Waals surface area contributed by atoms with E-state index in [9.17, 15) is 0 Å². The average molecular weight is 406 g/mol. The van der Waals surface area contributed by atoms with Gasteiger partial charge in [-0.3, -0.25) is 9.38 Å². The topological polar surface area (TPSA) is 52.3 Å². The minimum atomic E-state index is 0.376. The number of para-hydroxylation sites is 1. The normalized spacial score (nSPS) is 14.5. The van der Waals surface area contributed by atoms with Gasteiger partial charge in [0.15, 0.2) is 11.5 Å². The van der Waals surface area contributed by atoms with Crippen molar-refractivity contribution in [2.75, 3.05) is 0 Å². The molecule has 3 heterocycles. The molecule has 5 aromatic rings. The summed E-state index contributed by atoms with van der Waals surface area (Å²) in [6.45, 7) is 0. The van der Waals surface area contributed by atoms with Crippen LogP contribution in [0.4, 0.5) is 0 Å². The van der Waals surface area contributed by atoms with E-state index in [0.29, 0.717) is 6.10 Å². The van der Waals surface area contributed by atoms with Gasteiger partial charge in [-0.25, -0.2) is 0 Å². The van der Waals surface area contributed by atoms with Crippen LogP contribution in [0.25, 0.3) is 39.1 Å². The molecule has 1 saturated carbocycles. The first-order chi connectivity index (χ1) is 15.3. The maximum absolute atomic E-state index is 6.09. The van der Waals surface area contributed by atoms with Crippen molar-refractivity contribution < 1.29 is 4.74 Å². The van der Waals surface area contributed by atoms with Crippen molar-refractivity contribution in [1.82, 2.24) is 19.6 Å². The van der Waals surface area contributed by atoms with E-state index in [-0.39, 0.29) is 0 Å². The molecule has 152 valence electrons. The molecule has 0 spiro atoms. The smallest absolute Gasteiger partial charge is 0.169 e. The fraction of sp³-hybridized carbons (Fsp3) is 0.192. The Hall–Kier alpha value is -3.73. The van der Waals surface area contributed by atoms with Crippen molar-refractivity contribution in [2.45, 2.75) is 31.8 Å². The molecule has 1 aliphatic rings. The molecule has 0 N–H and O–H groups in total. The second-order valence-electron chi connectivity index (χ2n) is 8.09. The Bertz CT molecular complexity index is 1360. The highest BCUT2D eigenvalue weighted by Gasteiger charge is 2.16. The molecule has 0 aliphatic heterocycles. The zero-order valence-electron chi connectivity index (χ0n) is 17.1. The summed E-state index contributed by atoms with van der Waals surface area (Å²) < 4.78 is 8.12. The van der Waals surface area contributed by atoms with Crippen LogP contribution in [0.3, 0.4) is 0 Å². The summed E-state index contributed by atoms with van der Waals surface area (Å²) in [6.07, 6.45) is 9.12. The van der Waals surface area contributed by atoms with Crippen LogP contribution in [0, 0.1) is 0 Å². The molecule has 1 aliphatic carbocycles. The number of rotatable bonds is 4. The summed E-state index contributed by atoms with van der Waals surface area (Å²) in [5.41, 5.74) is 5.05. The quantitative estimate of drug-likeness (QED) is 0.371. The summed E-state index contributed by atoms with van der Waals surface area (Å²) >= 11 is 0. The van der Waals surface area contributed by atoms with E-state index in [1.807, 2.05) is 41.1 Å². The Morgan fingerprint density at radius 2 is 1.68 bits per heavy atom. The van der Waals surface area contributed by atoms with E-state index in [1.165, 1.54) is 25.7 Å². The van der Waals surface area contributed by atoms with Crippen LogP contribution in [-0.4, -0.2) is 25.7 Å². The van der Waals surface area contributed by atoms with Crippen LogP contribution in [0.5, 0.6) is 5.75 Å². The summed E-state index contributed by atoms with van der Waals surface area (Å²) in [5.74, 6) is 1.77. The molecule has 6 rings (SSSR count). The molecule has 5 nitrogen and oxygen atoms in total. The van der Waals surface area contributed by atoms with Gasteiger partial charge in [0.1, 0.15) is 5.75 Å².